The van der Waals surface area contributed by atoms with Gasteiger partial charge in [-0.1, -0.05) is 29.8 Å². The summed E-state index contributed by atoms with van der Waals surface area (Å²) in [5.41, 5.74) is 6.55. The second-order valence-corrected chi connectivity index (χ2v) is 5.17. The monoisotopic (exact) mass is 328 g/mol. The number of benzene rings is 2. The smallest absolute Gasteiger partial charge is 0.255 e. The minimum Gasteiger partial charge on any atom is -0.492 e. The first-order chi connectivity index (χ1) is 11.6. The Hall–Kier alpha value is -3.02. The number of hydrogen-bond donors (Lipinski definition) is 2. The zero-order chi connectivity index (χ0) is 17.4. The van der Waals surface area contributed by atoms with Crippen LogP contribution in [0.5, 0.6) is 11.5 Å². The molecule has 0 saturated carbocycles. The molecule has 24 heavy (non-hydrogen) atoms. The van der Waals surface area contributed by atoms with Crippen LogP contribution < -0.4 is 20.5 Å². The molecule has 0 saturated heterocycles. The molecule has 0 unspecified atom stereocenters. The van der Waals surface area contributed by atoms with E-state index < -0.39 is 5.91 Å². The third-order valence-corrected chi connectivity index (χ3v) is 3.18. The molecular weight excluding hydrogens is 308 g/mol. The van der Waals surface area contributed by atoms with Crippen LogP contribution in [0.4, 0.5) is 0 Å². The van der Waals surface area contributed by atoms with Crippen LogP contribution in [-0.2, 0) is 4.79 Å². The number of hydrogen-bond acceptors (Lipinski definition) is 4. The lowest BCUT2D eigenvalue weighted by atomic mass is 10.2. The standard InChI is InChI=1S/C18H20N2O4/c1-13-6-8-14(9-7-13)23-11-10-20-18(22)15-4-2-3-5-16(15)24-12-17(19)21/h2-9H,10-12H2,1H3,(H2,19,21)(H,20,22). The van der Waals surface area contributed by atoms with Gasteiger partial charge in [-0.3, -0.25) is 9.59 Å². The SMILES string of the molecule is Cc1ccc(OCCNC(=O)c2ccccc2OCC(N)=O)cc1. The molecule has 0 bridgehead atoms. The Morgan fingerprint density at radius 2 is 1.75 bits per heavy atom. The summed E-state index contributed by atoms with van der Waals surface area (Å²) in [5, 5.41) is 2.75. The third kappa shape index (κ3) is 5.31. The number of carbonyl (C=O) groups excluding carboxylic acids is 2. The summed E-state index contributed by atoms with van der Waals surface area (Å²) < 4.78 is 10.8. The van der Waals surface area contributed by atoms with Gasteiger partial charge in [0.1, 0.15) is 18.1 Å². The maximum absolute atomic E-state index is 12.2. The first-order valence-electron chi connectivity index (χ1n) is 7.54. The minimum absolute atomic E-state index is 0.277. The highest BCUT2D eigenvalue weighted by Gasteiger charge is 2.12. The van der Waals surface area contributed by atoms with Crippen molar-refractivity contribution in [3.05, 3.63) is 59.7 Å². The molecule has 2 aromatic rings. The van der Waals surface area contributed by atoms with Crippen LogP contribution in [0.1, 0.15) is 15.9 Å². The highest BCUT2D eigenvalue weighted by atomic mass is 16.5. The fourth-order valence-electron chi connectivity index (χ4n) is 1.99. The maximum atomic E-state index is 12.2. The molecule has 0 fully saturated rings. The summed E-state index contributed by atoms with van der Waals surface area (Å²) in [4.78, 5) is 23.0. The lowest BCUT2D eigenvalue weighted by molar-refractivity contribution is -0.119. The molecule has 0 aromatic heterocycles. The Kier molecular flexibility index (Phi) is 6.19. The van der Waals surface area contributed by atoms with E-state index >= 15 is 0 Å². The van der Waals surface area contributed by atoms with Gasteiger partial charge >= 0.3 is 0 Å². The van der Waals surface area contributed by atoms with Crippen LogP contribution in [0.25, 0.3) is 0 Å². The fraction of sp³-hybridized carbons (Fsp3) is 0.222. The Bertz CT molecular complexity index is 698. The predicted octanol–water partition coefficient (Wildman–Crippen LogP) is 1.67. The number of nitrogens with one attached hydrogen (secondary N) is 1. The maximum Gasteiger partial charge on any atom is 0.255 e. The topological polar surface area (TPSA) is 90.7 Å². The van der Waals surface area contributed by atoms with Crippen LogP contribution in [0, 0.1) is 6.92 Å². The molecule has 0 aliphatic carbocycles. The number of ether oxygens (including phenoxy) is 2. The van der Waals surface area contributed by atoms with E-state index in [1.807, 2.05) is 31.2 Å². The molecule has 2 rings (SSSR count). The normalized spacial score (nSPS) is 10.0. The summed E-state index contributed by atoms with van der Waals surface area (Å²) in [5.74, 6) is 0.160. The van der Waals surface area contributed by atoms with Crippen LogP contribution in [0.3, 0.4) is 0 Å². The average molecular weight is 328 g/mol. The van der Waals surface area contributed by atoms with Crippen molar-refractivity contribution in [3.63, 3.8) is 0 Å². The van der Waals surface area contributed by atoms with Gasteiger partial charge in [0.15, 0.2) is 6.61 Å². The van der Waals surface area contributed by atoms with Gasteiger partial charge in [0.05, 0.1) is 12.1 Å². The van der Waals surface area contributed by atoms with Crippen molar-refractivity contribution < 1.29 is 19.1 Å². The van der Waals surface area contributed by atoms with Crippen molar-refractivity contribution in [3.8, 4) is 11.5 Å². The molecule has 126 valence electrons. The van der Waals surface area contributed by atoms with E-state index in [9.17, 15) is 9.59 Å². The Labute approximate surface area is 140 Å². The summed E-state index contributed by atoms with van der Waals surface area (Å²) >= 11 is 0. The third-order valence-electron chi connectivity index (χ3n) is 3.18. The Morgan fingerprint density at radius 3 is 2.46 bits per heavy atom. The van der Waals surface area contributed by atoms with Gasteiger partial charge < -0.3 is 20.5 Å². The van der Waals surface area contributed by atoms with Crippen LogP contribution in [-0.4, -0.2) is 31.6 Å². The van der Waals surface area contributed by atoms with Crippen molar-refractivity contribution in [2.45, 2.75) is 6.92 Å². The largest absolute Gasteiger partial charge is 0.492 e. The molecule has 0 radical (unpaired) electrons. The summed E-state index contributed by atoms with van der Waals surface area (Å²) in [7, 11) is 0. The fourth-order valence-corrected chi connectivity index (χ4v) is 1.99. The number of carbonyl (C=O) groups is 2. The number of primary amides is 1. The molecular formula is C18H20N2O4. The van der Waals surface area contributed by atoms with E-state index in [1.54, 1.807) is 24.3 Å². The molecule has 6 heteroatoms. The van der Waals surface area contributed by atoms with Gasteiger partial charge in [-0.25, -0.2) is 0 Å². The van der Waals surface area contributed by atoms with E-state index in [1.165, 1.54) is 0 Å². The van der Waals surface area contributed by atoms with Gasteiger partial charge in [0, 0.05) is 0 Å². The van der Waals surface area contributed by atoms with Crippen molar-refractivity contribution >= 4 is 11.8 Å². The van der Waals surface area contributed by atoms with E-state index in [4.69, 9.17) is 15.2 Å². The highest BCUT2D eigenvalue weighted by Crippen LogP contribution is 2.17. The molecule has 3 N–H and O–H groups in total. The zero-order valence-corrected chi connectivity index (χ0v) is 13.5. The number of rotatable bonds is 8. The zero-order valence-electron chi connectivity index (χ0n) is 13.5. The Balaban J connectivity index is 1.84. The lowest BCUT2D eigenvalue weighted by Crippen LogP contribution is -2.29. The first kappa shape index (κ1) is 17.3. The van der Waals surface area contributed by atoms with Crippen molar-refractivity contribution in [1.82, 2.24) is 5.32 Å². The molecule has 0 aliphatic rings. The van der Waals surface area contributed by atoms with Crippen molar-refractivity contribution in [1.29, 1.82) is 0 Å². The van der Waals surface area contributed by atoms with E-state index in [2.05, 4.69) is 5.32 Å². The molecule has 2 aromatic carbocycles. The van der Waals surface area contributed by atoms with Gasteiger partial charge in [0.25, 0.3) is 11.8 Å². The van der Waals surface area contributed by atoms with E-state index in [-0.39, 0.29) is 12.5 Å². The Morgan fingerprint density at radius 1 is 1.04 bits per heavy atom. The highest BCUT2D eigenvalue weighted by molar-refractivity contribution is 5.97. The quantitative estimate of drug-likeness (QED) is 0.721. The number of nitrogens with two attached hydrogens (primary N) is 1. The van der Waals surface area contributed by atoms with Crippen LogP contribution in [0.15, 0.2) is 48.5 Å². The summed E-state index contributed by atoms with van der Waals surface area (Å²) in [6.07, 6.45) is 0. The molecule has 0 atom stereocenters. The molecule has 0 spiro atoms. The first-order valence-corrected chi connectivity index (χ1v) is 7.54. The lowest BCUT2D eigenvalue weighted by Gasteiger charge is -2.11. The van der Waals surface area contributed by atoms with Crippen LogP contribution in [0.2, 0.25) is 0 Å². The number of para-hydroxylation sites is 1. The predicted molar refractivity (Wildman–Crippen MR) is 90.1 cm³/mol. The van der Waals surface area contributed by atoms with Crippen LogP contribution >= 0.6 is 0 Å². The summed E-state index contributed by atoms with van der Waals surface area (Å²) in [6, 6.07) is 14.3. The number of aryl methyl sites for hydroxylation is 1. The van der Waals surface area contributed by atoms with Crippen molar-refractivity contribution in [2.75, 3.05) is 19.8 Å². The van der Waals surface area contributed by atoms with Gasteiger partial charge in [-0.05, 0) is 31.2 Å². The molecule has 0 heterocycles. The summed E-state index contributed by atoms with van der Waals surface area (Å²) in [6.45, 7) is 2.42. The second-order valence-electron chi connectivity index (χ2n) is 5.17. The van der Waals surface area contributed by atoms with Gasteiger partial charge in [-0.15, -0.1) is 0 Å². The van der Waals surface area contributed by atoms with E-state index in [0.29, 0.717) is 24.5 Å². The minimum atomic E-state index is -0.600. The van der Waals surface area contributed by atoms with Crippen molar-refractivity contribution in [2.24, 2.45) is 5.73 Å². The van der Waals surface area contributed by atoms with Gasteiger partial charge in [-0.2, -0.15) is 0 Å². The molecule has 2 amide bonds. The molecule has 0 aliphatic heterocycles. The number of amides is 2. The van der Waals surface area contributed by atoms with Gasteiger partial charge in [0.2, 0.25) is 0 Å². The second kappa shape index (κ2) is 8.57. The molecule has 6 nitrogen and oxygen atoms in total. The van der Waals surface area contributed by atoms with E-state index in [0.717, 1.165) is 11.3 Å². The average Bonchev–Trinajstić information content (AvgIpc) is 2.58.